The molecule has 82 valence electrons. The maximum absolute atomic E-state index is 11.5. The van der Waals surface area contributed by atoms with Gasteiger partial charge >= 0.3 is 0 Å². The Morgan fingerprint density at radius 1 is 1.60 bits per heavy atom. The van der Waals surface area contributed by atoms with Gasteiger partial charge in [-0.25, -0.2) is 4.98 Å². The molecule has 1 aromatic rings. The standard InChI is InChI=1S/C10H14N2O2S/c1-4-6(2)9(14)12-10-11-8(5-15-10)7(3)13/h5-6H,4H2,1-3H3,(H,11,12,14)/t6-/m0/s1. The second-order valence-corrected chi connectivity index (χ2v) is 4.25. The Balaban J connectivity index is 2.65. The van der Waals surface area contributed by atoms with Gasteiger partial charge in [-0.05, 0) is 6.42 Å². The van der Waals surface area contributed by atoms with E-state index < -0.39 is 0 Å². The zero-order valence-corrected chi connectivity index (χ0v) is 9.85. The van der Waals surface area contributed by atoms with E-state index in [-0.39, 0.29) is 17.6 Å². The Hall–Kier alpha value is -1.23. The lowest BCUT2D eigenvalue weighted by atomic mass is 10.1. The second kappa shape index (κ2) is 5.02. The number of Topliss-reactive ketones (excluding diaryl/α,β-unsaturated/α-hetero) is 1. The van der Waals surface area contributed by atoms with Crippen molar-refractivity contribution in [3.05, 3.63) is 11.1 Å². The molecule has 1 atom stereocenters. The molecule has 0 aromatic carbocycles. The highest BCUT2D eigenvalue weighted by molar-refractivity contribution is 7.14. The number of hydrogen-bond donors (Lipinski definition) is 1. The predicted molar refractivity (Wildman–Crippen MR) is 60.2 cm³/mol. The number of amides is 1. The van der Waals surface area contributed by atoms with Gasteiger partial charge in [-0.1, -0.05) is 13.8 Å². The van der Waals surface area contributed by atoms with Crippen molar-refractivity contribution in [3.63, 3.8) is 0 Å². The van der Waals surface area contributed by atoms with E-state index in [4.69, 9.17) is 0 Å². The van der Waals surface area contributed by atoms with Gasteiger partial charge in [0.05, 0.1) is 0 Å². The lowest BCUT2D eigenvalue weighted by molar-refractivity contribution is -0.119. The number of carbonyl (C=O) groups excluding carboxylic acids is 2. The van der Waals surface area contributed by atoms with Gasteiger partial charge < -0.3 is 5.32 Å². The molecular formula is C10H14N2O2S. The number of nitrogens with one attached hydrogen (secondary N) is 1. The molecule has 0 saturated heterocycles. The molecule has 0 radical (unpaired) electrons. The lowest BCUT2D eigenvalue weighted by Crippen LogP contribution is -2.19. The summed E-state index contributed by atoms with van der Waals surface area (Å²) in [7, 11) is 0. The molecule has 0 spiro atoms. The molecule has 1 aromatic heterocycles. The fraction of sp³-hybridized carbons (Fsp3) is 0.500. The summed E-state index contributed by atoms with van der Waals surface area (Å²) in [6.07, 6.45) is 0.788. The van der Waals surface area contributed by atoms with Crippen molar-refractivity contribution >= 4 is 28.2 Å². The minimum absolute atomic E-state index is 0.0327. The quantitative estimate of drug-likeness (QED) is 0.801. The van der Waals surface area contributed by atoms with E-state index in [1.807, 2.05) is 13.8 Å². The van der Waals surface area contributed by atoms with E-state index in [0.717, 1.165) is 6.42 Å². The maximum atomic E-state index is 11.5. The molecular weight excluding hydrogens is 212 g/mol. The van der Waals surface area contributed by atoms with Gasteiger partial charge in [0.15, 0.2) is 10.9 Å². The number of anilines is 1. The zero-order valence-electron chi connectivity index (χ0n) is 9.03. The summed E-state index contributed by atoms with van der Waals surface area (Å²) >= 11 is 1.27. The monoisotopic (exact) mass is 226 g/mol. The number of carbonyl (C=O) groups is 2. The summed E-state index contributed by atoms with van der Waals surface area (Å²) in [6.45, 7) is 5.26. The number of aromatic nitrogens is 1. The third-order valence-corrected chi connectivity index (χ3v) is 2.91. The van der Waals surface area contributed by atoms with Gasteiger partial charge in [-0.2, -0.15) is 0 Å². The average molecular weight is 226 g/mol. The van der Waals surface area contributed by atoms with E-state index in [1.54, 1.807) is 5.38 Å². The number of ketones is 1. The Labute approximate surface area is 92.7 Å². The van der Waals surface area contributed by atoms with Crippen LogP contribution in [0.3, 0.4) is 0 Å². The molecule has 0 aliphatic carbocycles. The first kappa shape index (κ1) is 11.8. The van der Waals surface area contributed by atoms with Crippen molar-refractivity contribution in [3.8, 4) is 0 Å². The third kappa shape index (κ3) is 3.13. The van der Waals surface area contributed by atoms with Crippen LogP contribution in [0.5, 0.6) is 0 Å². The van der Waals surface area contributed by atoms with Gasteiger partial charge in [0.1, 0.15) is 5.69 Å². The van der Waals surface area contributed by atoms with Gasteiger partial charge in [0.25, 0.3) is 0 Å². The van der Waals surface area contributed by atoms with Gasteiger partial charge in [-0.3, -0.25) is 9.59 Å². The van der Waals surface area contributed by atoms with Crippen LogP contribution in [0, 0.1) is 5.92 Å². The summed E-state index contributed by atoms with van der Waals surface area (Å²) in [5, 5.41) is 4.82. The van der Waals surface area contributed by atoms with E-state index >= 15 is 0 Å². The van der Waals surface area contributed by atoms with E-state index in [9.17, 15) is 9.59 Å². The molecule has 5 heteroatoms. The smallest absolute Gasteiger partial charge is 0.228 e. The van der Waals surface area contributed by atoms with Crippen molar-refractivity contribution in [2.24, 2.45) is 5.92 Å². The Morgan fingerprint density at radius 2 is 2.27 bits per heavy atom. The van der Waals surface area contributed by atoms with Crippen LogP contribution in [-0.4, -0.2) is 16.7 Å². The van der Waals surface area contributed by atoms with Crippen LogP contribution in [0.15, 0.2) is 5.38 Å². The molecule has 1 N–H and O–H groups in total. The Morgan fingerprint density at radius 3 is 2.73 bits per heavy atom. The molecule has 0 fully saturated rings. The maximum Gasteiger partial charge on any atom is 0.228 e. The highest BCUT2D eigenvalue weighted by Gasteiger charge is 2.13. The van der Waals surface area contributed by atoms with Crippen LogP contribution in [0.4, 0.5) is 5.13 Å². The molecule has 1 amide bonds. The van der Waals surface area contributed by atoms with Crippen molar-refractivity contribution in [1.29, 1.82) is 0 Å². The summed E-state index contributed by atoms with van der Waals surface area (Å²) in [5.41, 5.74) is 0.402. The fourth-order valence-corrected chi connectivity index (χ4v) is 1.66. The van der Waals surface area contributed by atoms with Crippen molar-refractivity contribution in [1.82, 2.24) is 4.98 Å². The van der Waals surface area contributed by atoms with Crippen molar-refractivity contribution in [2.75, 3.05) is 5.32 Å². The minimum Gasteiger partial charge on any atom is -0.302 e. The predicted octanol–water partition coefficient (Wildman–Crippen LogP) is 2.33. The van der Waals surface area contributed by atoms with Crippen LogP contribution >= 0.6 is 11.3 Å². The molecule has 0 aliphatic rings. The highest BCUT2D eigenvalue weighted by atomic mass is 32.1. The SMILES string of the molecule is CC[C@H](C)C(=O)Nc1nc(C(C)=O)cs1. The summed E-state index contributed by atoms with van der Waals surface area (Å²) in [4.78, 5) is 26.5. The number of nitrogens with zero attached hydrogens (tertiary/aromatic N) is 1. The van der Waals surface area contributed by atoms with Crippen LogP contribution in [0.25, 0.3) is 0 Å². The average Bonchev–Trinajstić information content (AvgIpc) is 2.65. The Bertz CT molecular complexity index is 373. The third-order valence-electron chi connectivity index (χ3n) is 2.15. The first-order valence-corrected chi connectivity index (χ1v) is 5.69. The fourth-order valence-electron chi connectivity index (χ4n) is 0.907. The van der Waals surface area contributed by atoms with E-state index in [1.165, 1.54) is 18.3 Å². The largest absolute Gasteiger partial charge is 0.302 e. The number of thiazole rings is 1. The van der Waals surface area contributed by atoms with Crippen LogP contribution < -0.4 is 5.32 Å². The van der Waals surface area contributed by atoms with Gasteiger partial charge in [0, 0.05) is 18.2 Å². The van der Waals surface area contributed by atoms with Crippen molar-refractivity contribution in [2.45, 2.75) is 27.2 Å². The molecule has 0 unspecified atom stereocenters. The molecule has 1 rings (SSSR count). The first-order valence-electron chi connectivity index (χ1n) is 4.82. The van der Waals surface area contributed by atoms with Crippen LogP contribution in [-0.2, 0) is 4.79 Å². The molecule has 4 nitrogen and oxygen atoms in total. The molecule has 15 heavy (non-hydrogen) atoms. The molecule has 0 saturated carbocycles. The summed E-state index contributed by atoms with van der Waals surface area (Å²) in [6, 6.07) is 0. The lowest BCUT2D eigenvalue weighted by Gasteiger charge is -2.06. The Kier molecular flexibility index (Phi) is 3.96. The second-order valence-electron chi connectivity index (χ2n) is 3.39. The number of rotatable bonds is 4. The topological polar surface area (TPSA) is 59.1 Å². The summed E-state index contributed by atoms with van der Waals surface area (Å²) in [5.74, 6) is -0.174. The zero-order chi connectivity index (χ0) is 11.4. The van der Waals surface area contributed by atoms with E-state index in [0.29, 0.717) is 10.8 Å². The van der Waals surface area contributed by atoms with Gasteiger partial charge in [0.2, 0.25) is 5.91 Å². The van der Waals surface area contributed by atoms with Crippen LogP contribution in [0.2, 0.25) is 0 Å². The molecule has 0 bridgehead atoms. The normalized spacial score (nSPS) is 12.2. The van der Waals surface area contributed by atoms with E-state index in [2.05, 4.69) is 10.3 Å². The highest BCUT2D eigenvalue weighted by Crippen LogP contribution is 2.17. The minimum atomic E-state index is -0.0877. The molecule has 1 heterocycles. The van der Waals surface area contributed by atoms with Crippen LogP contribution in [0.1, 0.15) is 37.7 Å². The van der Waals surface area contributed by atoms with Gasteiger partial charge in [-0.15, -0.1) is 11.3 Å². The molecule has 0 aliphatic heterocycles. The summed E-state index contributed by atoms with van der Waals surface area (Å²) < 4.78 is 0. The first-order chi connectivity index (χ1) is 7.04. The van der Waals surface area contributed by atoms with Crippen molar-refractivity contribution < 1.29 is 9.59 Å². The number of hydrogen-bond acceptors (Lipinski definition) is 4.